The smallest absolute Gasteiger partial charge is 0.135 e. The van der Waals surface area contributed by atoms with Gasteiger partial charge in [-0.15, -0.1) is 0 Å². The molecule has 0 N–H and O–H groups in total. The number of aromatic nitrogens is 2. The van der Waals surface area contributed by atoms with Crippen LogP contribution in [0.4, 0.5) is 0 Å². The molecular weight excluding hydrogens is 548 g/mol. The van der Waals surface area contributed by atoms with E-state index in [4.69, 9.17) is 4.42 Å². The summed E-state index contributed by atoms with van der Waals surface area (Å²) in [4.78, 5) is 0. The molecule has 7 aromatic carbocycles. The van der Waals surface area contributed by atoms with Crippen molar-refractivity contribution >= 4 is 54.8 Å². The van der Waals surface area contributed by atoms with E-state index in [2.05, 4.69) is 155 Å². The van der Waals surface area contributed by atoms with Crippen LogP contribution in [0.15, 0.2) is 162 Å². The number of nitrogens with zero attached hydrogens (tertiary/aromatic N) is 2. The van der Waals surface area contributed by atoms with Crippen LogP contribution in [0.25, 0.3) is 88.4 Å². The van der Waals surface area contributed by atoms with Crippen LogP contribution in [0.1, 0.15) is 0 Å². The Balaban J connectivity index is 1.31. The van der Waals surface area contributed by atoms with E-state index in [1.165, 1.54) is 60.8 Å². The number of hydrogen-bond acceptors (Lipinski definition) is 1. The average molecular weight is 575 g/mol. The maximum Gasteiger partial charge on any atom is 0.135 e. The van der Waals surface area contributed by atoms with Crippen molar-refractivity contribution in [2.75, 3.05) is 0 Å². The highest BCUT2D eigenvalue weighted by Crippen LogP contribution is 2.46. The summed E-state index contributed by atoms with van der Waals surface area (Å²) < 4.78 is 11.1. The van der Waals surface area contributed by atoms with Gasteiger partial charge in [0.05, 0.1) is 27.8 Å². The molecule has 45 heavy (non-hydrogen) atoms. The van der Waals surface area contributed by atoms with Gasteiger partial charge in [-0.2, -0.15) is 0 Å². The number of hydrogen-bond donors (Lipinski definition) is 0. The number of benzene rings is 7. The minimum absolute atomic E-state index is 0.909. The van der Waals surface area contributed by atoms with Crippen molar-refractivity contribution in [1.29, 1.82) is 0 Å². The zero-order valence-corrected chi connectivity index (χ0v) is 24.3. The van der Waals surface area contributed by atoms with Crippen LogP contribution in [0.2, 0.25) is 0 Å². The topological polar surface area (TPSA) is 23.0 Å². The van der Waals surface area contributed by atoms with Gasteiger partial charge in [0, 0.05) is 38.4 Å². The Kier molecular flexibility index (Phi) is 5.00. The molecule has 3 heteroatoms. The normalized spacial score (nSPS) is 12.0. The molecule has 0 saturated heterocycles. The van der Waals surface area contributed by atoms with Gasteiger partial charge in [0.15, 0.2) is 0 Å². The quantitative estimate of drug-likeness (QED) is 0.205. The molecule has 0 unspecified atom stereocenters. The Labute approximate surface area is 259 Å². The molecule has 210 valence electrons. The van der Waals surface area contributed by atoms with E-state index >= 15 is 0 Å². The molecule has 0 spiro atoms. The van der Waals surface area contributed by atoms with Crippen LogP contribution < -0.4 is 0 Å². The SMILES string of the molecule is c1ccc(-c2cccc(-c3ccccc3)c2-n2c3cccc4c3c3c(cccc32)n4-c2ccc3oc4ccccc4c3c2)cc1. The summed E-state index contributed by atoms with van der Waals surface area (Å²) >= 11 is 0. The number of para-hydroxylation sites is 2. The molecule has 0 saturated carbocycles. The van der Waals surface area contributed by atoms with Gasteiger partial charge >= 0.3 is 0 Å². The largest absolute Gasteiger partial charge is 0.456 e. The van der Waals surface area contributed by atoms with E-state index in [9.17, 15) is 0 Å². The first-order valence-corrected chi connectivity index (χ1v) is 15.4. The second-order valence-corrected chi connectivity index (χ2v) is 11.7. The first-order chi connectivity index (χ1) is 22.3. The minimum Gasteiger partial charge on any atom is -0.456 e. The van der Waals surface area contributed by atoms with Gasteiger partial charge < -0.3 is 13.6 Å². The molecule has 3 aromatic heterocycles. The summed E-state index contributed by atoms with van der Waals surface area (Å²) in [5.41, 5.74) is 13.8. The van der Waals surface area contributed by atoms with Crippen molar-refractivity contribution in [2.45, 2.75) is 0 Å². The Morgan fingerprint density at radius 1 is 0.378 bits per heavy atom. The molecular formula is C42H26N2O. The predicted octanol–water partition coefficient (Wildman–Crippen LogP) is 11.4. The molecule has 0 amide bonds. The Morgan fingerprint density at radius 2 is 0.889 bits per heavy atom. The fourth-order valence-electron chi connectivity index (χ4n) is 7.43. The van der Waals surface area contributed by atoms with Crippen LogP contribution in [0, 0.1) is 0 Å². The van der Waals surface area contributed by atoms with Gasteiger partial charge in [-0.05, 0) is 59.7 Å². The van der Waals surface area contributed by atoms with Crippen molar-refractivity contribution in [3.05, 3.63) is 158 Å². The highest BCUT2D eigenvalue weighted by atomic mass is 16.3. The molecule has 0 bridgehead atoms. The van der Waals surface area contributed by atoms with Crippen molar-refractivity contribution in [3.8, 4) is 33.6 Å². The van der Waals surface area contributed by atoms with Crippen molar-refractivity contribution < 1.29 is 4.42 Å². The summed E-state index contributed by atoms with van der Waals surface area (Å²) in [5, 5.41) is 4.83. The Bertz CT molecular complexity index is 2570. The monoisotopic (exact) mass is 574 g/mol. The number of rotatable bonds is 4. The molecule has 0 radical (unpaired) electrons. The Hall–Kier alpha value is -6.06. The maximum absolute atomic E-state index is 6.17. The summed E-state index contributed by atoms with van der Waals surface area (Å²) in [7, 11) is 0. The first-order valence-electron chi connectivity index (χ1n) is 15.4. The Morgan fingerprint density at radius 3 is 1.51 bits per heavy atom. The van der Waals surface area contributed by atoms with E-state index < -0.39 is 0 Å². The first kappa shape index (κ1) is 24.4. The van der Waals surface area contributed by atoms with Crippen LogP contribution >= 0.6 is 0 Å². The lowest BCUT2D eigenvalue weighted by molar-refractivity contribution is 0.669. The third-order valence-electron chi connectivity index (χ3n) is 9.30. The molecule has 0 aliphatic carbocycles. The van der Waals surface area contributed by atoms with Crippen LogP contribution in [0.5, 0.6) is 0 Å². The highest BCUT2D eigenvalue weighted by Gasteiger charge is 2.25. The molecule has 10 aromatic rings. The van der Waals surface area contributed by atoms with E-state index in [0.717, 1.165) is 27.6 Å². The van der Waals surface area contributed by atoms with E-state index in [1.807, 2.05) is 12.1 Å². The van der Waals surface area contributed by atoms with Gasteiger partial charge in [0.2, 0.25) is 0 Å². The van der Waals surface area contributed by atoms with E-state index in [0.29, 0.717) is 0 Å². The molecule has 0 aliphatic heterocycles. The molecule has 0 atom stereocenters. The summed E-state index contributed by atoms with van der Waals surface area (Å²) in [5.74, 6) is 0. The lowest BCUT2D eigenvalue weighted by atomic mass is 9.95. The summed E-state index contributed by atoms with van der Waals surface area (Å²) in [6.45, 7) is 0. The summed E-state index contributed by atoms with van der Waals surface area (Å²) in [6, 6.07) is 56.5. The third-order valence-corrected chi connectivity index (χ3v) is 9.30. The van der Waals surface area contributed by atoms with E-state index in [-0.39, 0.29) is 0 Å². The zero-order valence-electron chi connectivity index (χ0n) is 24.3. The van der Waals surface area contributed by atoms with Gasteiger partial charge in [-0.3, -0.25) is 0 Å². The minimum atomic E-state index is 0.909. The molecule has 3 heterocycles. The summed E-state index contributed by atoms with van der Waals surface area (Å²) in [6.07, 6.45) is 0. The van der Waals surface area contributed by atoms with E-state index in [1.54, 1.807) is 0 Å². The predicted molar refractivity (Wildman–Crippen MR) is 187 cm³/mol. The third kappa shape index (κ3) is 3.41. The zero-order chi connectivity index (χ0) is 29.5. The molecule has 0 aliphatic rings. The molecule has 10 rings (SSSR count). The fraction of sp³-hybridized carbons (Fsp3) is 0. The van der Waals surface area contributed by atoms with Crippen molar-refractivity contribution in [3.63, 3.8) is 0 Å². The molecule has 3 nitrogen and oxygen atoms in total. The molecule has 0 fully saturated rings. The van der Waals surface area contributed by atoms with Crippen molar-refractivity contribution in [2.24, 2.45) is 0 Å². The maximum atomic E-state index is 6.17. The van der Waals surface area contributed by atoms with Crippen LogP contribution in [-0.4, -0.2) is 9.13 Å². The number of fused-ring (bicyclic) bond motifs is 3. The van der Waals surface area contributed by atoms with Crippen LogP contribution in [-0.2, 0) is 0 Å². The fourth-order valence-corrected chi connectivity index (χ4v) is 7.43. The number of furan rings is 1. The van der Waals surface area contributed by atoms with Gasteiger partial charge in [-0.1, -0.05) is 109 Å². The van der Waals surface area contributed by atoms with Gasteiger partial charge in [-0.25, -0.2) is 0 Å². The second-order valence-electron chi connectivity index (χ2n) is 11.7. The van der Waals surface area contributed by atoms with Gasteiger partial charge in [0.25, 0.3) is 0 Å². The average Bonchev–Trinajstić information content (AvgIpc) is 3.77. The standard InChI is InChI=1S/C42H26N2O/c1-3-12-27(13-4-1)30-17-9-18-31(28-14-5-2-6-15-28)42(30)44-36-21-10-19-34-40(36)41-35(20-11-22-37(41)44)43(34)29-24-25-39-33(26-29)32-16-7-8-23-38(32)45-39/h1-26H. The van der Waals surface area contributed by atoms with Crippen molar-refractivity contribution in [1.82, 2.24) is 9.13 Å². The lowest BCUT2D eigenvalue weighted by Gasteiger charge is -2.20. The highest BCUT2D eigenvalue weighted by molar-refractivity contribution is 6.26. The lowest BCUT2D eigenvalue weighted by Crippen LogP contribution is -2.02. The second kappa shape index (κ2) is 9.22. The van der Waals surface area contributed by atoms with Crippen LogP contribution in [0.3, 0.4) is 0 Å². The van der Waals surface area contributed by atoms with Gasteiger partial charge in [0.1, 0.15) is 11.2 Å².